The first-order chi connectivity index (χ1) is 22.9. The summed E-state index contributed by atoms with van der Waals surface area (Å²) >= 11 is 0. The zero-order valence-corrected chi connectivity index (χ0v) is 37.1. The van der Waals surface area contributed by atoms with Gasteiger partial charge < -0.3 is 0 Å². The third-order valence-electron chi connectivity index (χ3n) is 9.53. The summed E-state index contributed by atoms with van der Waals surface area (Å²) in [5, 5.41) is 3.52. The van der Waals surface area contributed by atoms with E-state index in [-0.39, 0.29) is 56.5 Å². The molecule has 5 rings (SSSR count). The van der Waals surface area contributed by atoms with Gasteiger partial charge in [-0.05, 0) is 50.8 Å². The maximum absolute atomic E-state index is 14.2. The van der Waals surface area contributed by atoms with E-state index in [4.69, 9.17) is 0 Å². The first-order valence-corrected chi connectivity index (χ1v) is 33.7. The Morgan fingerprint density at radius 3 is 0.940 bits per heavy atom. The zero-order chi connectivity index (χ0) is 37.3. The summed E-state index contributed by atoms with van der Waals surface area (Å²) < 4.78 is 89.4. The summed E-state index contributed by atoms with van der Waals surface area (Å²) in [6.07, 6.45) is 0. The predicted octanol–water partition coefficient (Wildman–Crippen LogP) is 6.92. The van der Waals surface area contributed by atoms with Gasteiger partial charge in [0.15, 0.2) is 0 Å². The Kier molecular flexibility index (Phi) is 12.8. The lowest BCUT2D eigenvalue weighted by molar-refractivity contribution is 0.314. The van der Waals surface area contributed by atoms with Gasteiger partial charge in [0.25, 0.3) is 0 Å². The highest BCUT2D eigenvalue weighted by molar-refractivity contribution is 7.89. The maximum atomic E-state index is 14.2. The summed E-state index contributed by atoms with van der Waals surface area (Å²) in [4.78, 5) is 0. The second-order valence-electron chi connectivity index (χ2n) is 17.5. The minimum absolute atomic E-state index is 0.00214. The largest absolute Gasteiger partial charge is 0.214 e. The Labute approximate surface area is 305 Å². The van der Waals surface area contributed by atoms with Crippen molar-refractivity contribution < 1.29 is 25.3 Å². The first kappa shape index (κ1) is 41.3. The van der Waals surface area contributed by atoms with Crippen molar-refractivity contribution in [1.29, 1.82) is 0 Å². The van der Waals surface area contributed by atoms with E-state index in [0.29, 0.717) is 18.1 Å². The van der Waals surface area contributed by atoms with Crippen molar-refractivity contribution in [3.05, 3.63) is 59.7 Å². The first-order valence-electron chi connectivity index (χ1n) is 17.7. The summed E-state index contributed by atoms with van der Waals surface area (Å²) in [7, 11) is -16.6. The minimum Gasteiger partial charge on any atom is -0.212 e. The Morgan fingerprint density at radius 1 is 0.440 bits per heavy atom. The van der Waals surface area contributed by atoms with E-state index < -0.39 is 54.3 Å². The maximum Gasteiger partial charge on any atom is 0.214 e. The zero-order valence-electron chi connectivity index (χ0n) is 31.6. The second-order valence-corrected chi connectivity index (χ2v) is 40.6. The molecule has 2 heterocycles. The van der Waals surface area contributed by atoms with Crippen LogP contribution in [0.5, 0.6) is 0 Å². The highest BCUT2D eigenvalue weighted by Crippen LogP contribution is 2.36. The summed E-state index contributed by atoms with van der Waals surface area (Å²) in [5.74, 6) is -0.0383. The molecule has 0 unspecified atom stereocenters. The van der Waals surface area contributed by atoms with Crippen LogP contribution in [0.4, 0.5) is 0 Å². The molecule has 0 N–H and O–H groups in total. The molecule has 0 fully saturated rings. The molecule has 3 aromatic carbocycles. The van der Waals surface area contributed by atoms with E-state index in [1.807, 2.05) is 48.5 Å². The molecule has 0 radical (unpaired) electrons. The number of fused-ring (bicyclic) bond motifs is 8. The average molecular weight is 798 g/mol. The van der Waals surface area contributed by atoms with Gasteiger partial charge >= 0.3 is 0 Å². The van der Waals surface area contributed by atoms with E-state index in [2.05, 4.69) is 58.9 Å². The monoisotopic (exact) mass is 797 g/mol. The van der Waals surface area contributed by atoms with Crippen LogP contribution in [0, 0.1) is 0 Å². The van der Waals surface area contributed by atoms with Gasteiger partial charge in [-0.1, -0.05) is 107 Å². The van der Waals surface area contributed by atoms with E-state index in [0.717, 1.165) is 32.7 Å². The predicted molar refractivity (Wildman–Crippen MR) is 220 cm³/mol. The number of hydrogen-bond donors (Lipinski definition) is 0. The SMILES string of the molecule is C[Si](C)(C)CCS(=O)(=O)N1CCN(S(=O)(=O)CC[Si](C)(C)C)Cc2c3ccccc3c(c3ccccc23)CN(S(=O)(=O)CC[Si](C)(C)C)CC1. The van der Waals surface area contributed by atoms with Crippen LogP contribution in [-0.2, 0) is 43.2 Å². The van der Waals surface area contributed by atoms with Gasteiger partial charge in [0.2, 0.25) is 30.1 Å². The Balaban J connectivity index is 1.94. The van der Waals surface area contributed by atoms with Gasteiger partial charge in [0.1, 0.15) is 0 Å². The topological polar surface area (TPSA) is 112 Å². The molecule has 0 saturated heterocycles. The standard InChI is InChI=1S/C35H59N3O6S3Si3/c1-48(2,3)25-22-45(39,40)36-18-20-37(46(41,42)23-26-49(4,5)6)28-34-30-14-10-12-16-32(30)35(33-17-13-11-15-31(33)34)29-38(21-19-36)47(43,44)24-27-50(7,8)9/h10-17H,18-29H2,1-9H3. The molecule has 2 aliphatic rings. The molecule has 3 aromatic rings. The molecule has 0 saturated carbocycles. The van der Waals surface area contributed by atoms with Crippen molar-refractivity contribution in [2.24, 2.45) is 0 Å². The molecule has 0 amide bonds. The molecule has 0 atom stereocenters. The van der Waals surface area contributed by atoms with Crippen molar-refractivity contribution in [3.63, 3.8) is 0 Å². The fourth-order valence-electron chi connectivity index (χ4n) is 6.16. The van der Waals surface area contributed by atoms with Gasteiger partial charge in [0.05, 0.1) is 17.3 Å². The van der Waals surface area contributed by atoms with Gasteiger partial charge in [-0.2, -0.15) is 12.9 Å². The molecule has 9 nitrogen and oxygen atoms in total. The average Bonchev–Trinajstić information content (AvgIpc) is 3.02. The molecule has 0 spiro atoms. The summed E-state index contributed by atoms with van der Waals surface area (Å²) in [5.41, 5.74) is 1.69. The fraction of sp³-hybridized carbons (Fsp3) is 0.600. The van der Waals surface area contributed by atoms with E-state index >= 15 is 0 Å². The van der Waals surface area contributed by atoms with Gasteiger partial charge in [-0.3, -0.25) is 0 Å². The lowest BCUT2D eigenvalue weighted by atomic mass is 9.91. The lowest BCUT2D eigenvalue weighted by Crippen LogP contribution is -2.46. The van der Waals surface area contributed by atoms with Crippen molar-refractivity contribution in [1.82, 2.24) is 12.9 Å². The number of hydrogen-bond acceptors (Lipinski definition) is 6. The van der Waals surface area contributed by atoms with Crippen LogP contribution in [0.2, 0.25) is 77.1 Å². The van der Waals surface area contributed by atoms with Crippen LogP contribution >= 0.6 is 0 Å². The van der Waals surface area contributed by atoms with E-state index in [9.17, 15) is 25.3 Å². The van der Waals surface area contributed by atoms with E-state index in [1.165, 1.54) is 12.9 Å². The second kappa shape index (κ2) is 15.5. The normalized spacial score (nSPS) is 17.5. The molecular formula is C35H59N3O6S3Si3. The molecule has 15 heteroatoms. The van der Waals surface area contributed by atoms with Crippen molar-refractivity contribution >= 4 is 75.8 Å². The quantitative estimate of drug-likeness (QED) is 0.112. The van der Waals surface area contributed by atoms with Gasteiger partial charge in [0, 0.05) is 63.5 Å². The number of sulfonamides is 3. The molecule has 0 aromatic heterocycles. The molecule has 50 heavy (non-hydrogen) atoms. The van der Waals surface area contributed by atoms with Crippen molar-refractivity contribution in [2.45, 2.75) is 90.1 Å². The Bertz CT molecular complexity index is 1830. The van der Waals surface area contributed by atoms with Crippen LogP contribution < -0.4 is 0 Å². The van der Waals surface area contributed by atoms with Crippen LogP contribution in [0.3, 0.4) is 0 Å². The van der Waals surface area contributed by atoms with Crippen LogP contribution in [0.25, 0.3) is 21.5 Å². The Morgan fingerprint density at radius 2 is 0.680 bits per heavy atom. The highest BCUT2D eigenvalue weighted by atomic mass is 32.2. The van der Waals surface area contributed by atoms with Crippen LogP contribution in [-0.4, -0.2) is 106 Å². The van der Waals surface area contributed by atoms with Crippen molar-refractivity contribution in [3.8, 4) is 0 Å². The lowest BCUT2D eigenvalue weighted by Gasteiger charge is -2.30. The third kappa shape index (κ3) is 11.0. The highest BCUT2D eigenvalue weighted by Gasteiger charge is 2.34. The molecule has 2 bridgehead atoms. The number of benzene rings is 3. The third-order valence-corrected chi connectivity index (χ3v) is 21.4. The van der Waals surface area contributed by atoms with Gasteiger partial charge in [-0.15, -0.1) is 0 Å². The Hall–Kier alpha value is -1.44. The minimum atomic E-state index is -3.82. The molecule has 280 valence electrons. The van der Waals surface area contributed by atoms with Crippen LogP contribution in [0.1, 0.15) is 11.1 Å². The molecule has 0 aliphatic carbocycles. The number of rotatable bonds is 12. The fourth-order valence-corrected chi connectivity index (χ4v) is 19.5. The van der Waals surface area contributed by atoms with Crippen LogP contribution in [0.15, 0.2) is 48.5 Å². The van der Waals surface area contributed by atoms with Gasteiger partial charge in [-0.25, -0.2) is 25.3 Å². The molecule has 2 aliphatic heterocycles. The summed E-state index contributed by atoms with van der Waals surface area (Å²) in [6.45, 7) is 19.3. The summed E-state index contributed by atoms with van der Waals surface area (Å²) in [6, 6.07) is 17.4. The van der Waals surface area contributed by atoms with Crippen molar-refractivity contribution in [2.75, 3.05) is 43.4 Å². The molecular weight excluding hydrogens is 739 g/mol. The van der Waals surface area contributed by atoms with E-state index in [1.54, 1.807) is 0 Å². The smallest absolute Gasteiger partial charge is 0.212 e. The number of nitrogens with zero attached hydrogens (tertiary/aromatic N) is 3.